The predicted octanol–water partition coefficient (Wildman–Crippen LogP) is 4.66. The first-order valence-corrected chi connectivity index (χ1v) is 7.30. The van der Waals surface area contributed by atoms with Gasteiger partial charge in [-0.2, -0.15) is 13.2 Å². The van der Waals surface area contributed by atoms with Crippen molar-refractivity contribution in [3.05, 3.63) is 34.3 Å². The Morgan fingerprint density at radius 1 is 1.11 bits per heavy atom. The third-order valence-electron chi connectivity index (χ3n) is 3.67. The maximum absolute atomic E-state index is 12.9. The summed E-state index contributed by atoms with van der Waals surface area (Å²) in [7, 11) is 0. The summed E-state index contributed by atoms with van der Waals surface area (Å²) in [5.41, 5.74) is 1.01. The van der Waals surface area contributed by atoms with Gasteiger partial charge in [0.1, 0.15) is 0 Å². The normalized spacial score (nSPS) is 24.4. The van der Waals surface area contributed by atoms with Crippen LogP contribution in [0.3, 0.4) is 0 Å². The third kappa shape index (κ3) is 4.21. The van der Waals surface area contributed by atoms with Gasteiger partial charge in [0.2, 0.25) is 0 Å². The topological polar surface area (TPSA) is 12.0 Å². The Balaban J connectivity index is 1.94. The molecule has 2 atom stereocenters. The number of alkyl halides is 3. The van der Waals surface area contributed by atoms with E-state index >= 15 is 0 Å². The molecule has 1 fully saturated rings. The van der Waals surface area contributed by atoms with E-state index in [2.05, 4.69) is 21.2 Å². The molecular weight excluding hydrogens is 319 g/mol. The van der Waals surface area contributed by atoms with Crippen LogP contribution >= 0.6 is 15.9 Å². The smallest absolute Gasteiger partial charge is 0.309 e. The maximum atomic E-state index is 12.9. The maximum Gasteiger partial charge on any atom is 0.393 e. The van der Waals surface area contributed by atoms with Crippen molar-refractivity contribution in [2.24, 2.45) is 5.92 Å². The number of hydrogen-bond acceptors (Lipinski definition) is 1. The summed E-state index contributed by atoms with van der Waals surface area (Å²) in [5.74, 6) is -1.20. The van der Waals surface area contributed by atoms with Crippen LogP contribution in [0.2, 0.25) is 0 Å². The molecule has 0 saturated heterocycles. The second-order valence-corrected chi connectivity index (χ2v) is 5.96. The molecule has 106 valence electrons. The molecule has 0 aliphatic heterocycles. The predicted molar refractivity (Wildman–Crippen MR) is 72.8 cm³/mol. The first-order valence-electron chi connectivity index (χ1n) is 6.51. The highest BCUT2D eigenvalue weighted by Gasteiger charge is 2.45. The van der Waals surface area contributed by atoms with Crippen molar-refractivity contribution in [3.8, 4) is 0 Å². The molecule has 1 N–H and O–H groups in total. The minimum absolute atomic E-state index is 0.251. The van der Waals surface area contributed by atoms with Crippen molar-refractivity contribution in [3.63, 3.8) is 0 Å². The third-order valence-corrected chi connectivity index (χ3v) is 4.20. The van der Waals surface area contributed by atoms with Crippen molar-refractivity contribution in [1.82, 2.24) is 5.32 Å². The summed E-state index contributed by atoms with van der Waals surface area (Å²) in [4.78, 5) is 0. The number of halogens is 4. The van der Waals surface area contributed by atoms with Gasteiger partial charge in [-0.25, -0.2) is 0 Å². The van der Waals surface area contributed by atoms with E-state index in [0.717, 1.165) is 16.5 Å². The Morgan fingerprint density at radius 2 is 1.74 bits per heavy atom. The van der Waals surface area contributed by atoms with Crippen LogP contribution in [0.4, 0.5) is 13.2 Å². The zero-order valence-corrected chi connectivity index (χ0v) is 12.1. The Hall–Kier alpha value is -0.550. The lowest BCUT2D eigenvalue weighted by molar-refractivity contribution is -0.189. The van der Waals surface area contributed by atoms with Crippen LogP contribution in [0.5, 0.6) is 0 Å². The van der Waals surface area contributed by atoms with E-state index in [1.54, 1.807) is 0 Å². The molecule has 2 unspecified atom stereocenters. The molecule has 1 aromatic rings. The van der Waals surface area contributed by atoms with Gasteiger partial charge in [0.25, 0.3) is 0 Å². The van der Waals surface area contributed by atoms with E-state index in [1.165, 1.54) is 0 Å². The Kier molecular flexibility index (Phi) is 4.90. The van der Waals surface area contributed by atoms with E-state index in [4.69, 9.17) is 0 Å². The van der Waals surface area contributed by atoms with Gasteiger partial charge in [-0.05, 0) is 30.5 Å². The van der Waals surface area contributed by atoms with Crippen LogP contribution < -0.4 is 5.32 Å². The molecule has 1 saturated carbocycles. The monoisotopic (exact) mass is 335 g/mol. The molecule has 0 amide bonds. The van der Waals surface area contributed by atoms with Gasteiger partial charge in [0, 0.05) is 17.1 Å². The molecule has 0 bridgehead atoms. The summed E-state index contributed by atoms with van der Waals surface area (Å²) in [6, 6.07) is 7.20. The SMILES string of the molecule is FC(F)(F)C1CCCCC1NCc1ccc(Br)cc1. The van der Waals surface area contributed by atoms with Gasteiger partial charge in [-0.3, -0.25) is 0 Å². The summed E-state index contributed by atoms with van der Waals surface area (Å²) in [6.45, 7) is 0.491. The molecule has 1 aliphatic carbocycles. The molecule has 1 aliphatic rings. The van der Waals surface area contributed by atoms with Crippen LogP contribution in [0.25, 0.3) is 0 Å². The highest BCUT2D eigenvalue weighted by atomic mass is 79.9. The molecule has 0 spiro atoms. The molecule has 0 aromatic heterocycles. The van der Waals surface area contributed by atoms with Gasteiger partial charge in [-0.1, -0.05) is 40.9 Å². The quantitative estimate of drug-likeness (QED) is 0.847. The zero-order valence-electron chi connectivity index (χ0n) is 10.5. The Labute approximate surface area is 119 Å². The minimum atomic E-state index is -4.09. The lowest BCUT2D eigenvalue weighted by atomic mass is 9.84. The largest absolute Gasteiger partial charge is 0.393 e. The highest BCUT2D eigenvalue weighted by Crippen LogP contribution is 2.37. The second kappa shape index (κ2) is 6.27. The molecule has 5 heteroatoms. The van der Waals surface area contributed by atoms with Crippen molar-refractivity contribution in [1.29, 1.82) is 0 Å². The first kappa shape index (κ1) is 14.9. The fourth-order valence-corrected chi connectivity index (χ4v) is 2.88. The number of rotatable bonds is 3. The van der Waals surface area contributed by atoms with E-state index in [1.807, 2.05) is 24.3 Å². The van der Waals surface area contributed by atoms with E-state index in [0.29, 0.717) is 19.4 Å². The molecule has 1 nitrogen and oxygen atoms in total. The van der Waals surface area contributed by atoms with Crippen molar-refractivity contribution < 1.29 is 13.2 Å². The van der Waals surface area contributed by atoms with Crippen LogP contribution in [0.15, 0.2) is 28.7 Å². The lowest BCUT2D eigenvalue weighted by Crippen LogP contribution is -2.45. The molecule has 0 radical (unpaired) electrons. The van der Waals surface area contributed by atoms with Gasteiger partial charge in [-0.15, -0.1) is 0 Å². The van der Waals surface area contributed by atoms with Crippen LogP contribution in [0, 0.1) is 5.92 Å². The lowest BCUT2D eigenvalue weighted by Gasteiger charge is -2.33. The van der Waals surface area contributed by atoms with E-state index in [9.17, 15) is 13.2 Å². The number of nitrogens with one attached hydrogen (secondary N) is 1. The van der Waals surface area contributed by atoms with Crippen molar-refractivity contribution in [2.75, 3.05) is 0 Å². The van der Waals surface area contributed by atoms with Gasteiger partial charge in [0.15, 0.2) is 0 Å². The van der Waals surface area contributed by atoms with E-state index < -0.39 is 18.1 Å². The number of benzene rings is 1. The molecule has 1 aromatic carbocycles. The average Bonchev–Trinajstić information content (AvgIpc) is 2.37. The summed E-state index contributed by atoms with van der Waals surface area (Å²) < 4.78 is 39.7. The molecule has 0 heterocycles. The fraction of sp³-hybridized carbons (Fsp3) is 0.571. The van der Waals surface area contributed by atoms with E-state index in [-0.39, 0.29) is 6.42 Å². The minimum Gasteiger partial charge on any atom is -0.309 e. The van der Waals surface area contributed by atoms with Crippen LogP contribution in [0.1, 0.15) is 31.2 Å². The molecular formula is C14H17BrF3N. The molecule has 19 heavy (non-hydrogen) atoms. The standard InChI is InChI=1S/C14H17BrF3N/c15-11-7-5-10(6-8-11)9-19-13-4-2-1-3-12(13)14(16,17)18/h5-8,12-13,19H,1-4,9H2. The second-order valence-electron chi connectivity index (χ2n) is 5.05. The number of hydrogen-bond donors (Lipinski definition) is 1. The molecule has 2 rings (SSSR count). The van der Waals surface area contributed by atoms with Gasteiger partial charge in [0.05, 0.1) is 5.92 Å². The summed E-state index contributed by atoms with van der Waals surface area (Å²) in [5, 5.41) is 3.08. The fourth-order valence-electron chi connectivity index (χ4n) is 2.62. The van der Waals surface area contributed by atoms with Crippen LogP contribution in [-0.2, 0) is 6.54 Å². The highest BCUT2D eigenvalue weighted by molar-refractivity contribution is 9.10. The zero-order chi connectivity index (χ0) is 13.9. The van der Waals surface area contributed by atoms with Crippen LogP contribution in [-0.4, -0.2) is 12.2 Å². The van der Waals surface area contributed by atoms with Crippen molar-refractivity contribution >= 4 is 15.9 Å². The first-order chi connectivity index (χ1) is 8.97. The van der Waals surface area contributed by atoms with Gasteiger partial charge >= 0.3 is 6.18 Å². The Morgan fingerprint density at radius 3 is 2.37 bits per heavy atom. The summed E-state index contributed by atoms with van der Waals surface area (Å²) in [6.07, 6.45) is -1.66. The van der Waals surface area contributed by atoms with Crippen molar-refractivity contribution in [2.45, 2.75) is 44.4 Å². The summed E-state index contributed by atoms with van der Waals surface area (Å²) >= 11 is 3.34. The average molecular weight is 336 g/mol. The Bertz CT molecular complexity index is 402. The van der Waals surface area contributed by atoms with Gasteiger partial charge < -0.3 is 5.32 Å².